The average molecular weight is 212 g/mol. The third-order valence-corrected chi connectivity index (χ3v) is 9.19. The lowest BCUT2D eigenvalue weighted by molar-refractivity contribution is -0.441. The second-order valence-electron chi connectivity index (χ2n) is 8.43. The van der Waals surface area contributed by atoms with Crippen molar-refractivity contribution in [2.24, 2.45) is 71.0 Å². The minimum atomic E-state index is 1.27. The zero-order chi connectivity index (χ0) is 9.76. The van der Waals surface area contributed by atoms with Crippen molar-refractivity contribution in [3.8, 4) is 0 Å². The van der Waals surface area contributed by atoms with Crippen molar-refractivity contribution < 1.29 is 0 Å². The van der Waals surface area contributed by atoms with Gasteiger partial charge in [-0.15, -0.1) is 0 Å². The van der Waals surface area contributed by atoms with Gasteiger partial charge in [0.2, 0.25) is 0 Å². The van der Waals surface area contributed by atoms with Crippen LogP contribution in [0.25, 0.3) is 0 Å². The second kappa shape index (κ2) is 1.84. The molecule has 0 saturated heterocycles. The lowest BCUT2D eigenvalue weighted by Gasteiger charge is -2.91. The number of rotatable bonds is 0. The van der Waals surface area contributed by atoms with Crippen LogP contribution in [0.15, 0.2) is 0 Å². The van der Waals surface area contributed by atoms with E-state index in [0.717, 1.165) is 0 Å². The summed E-state index contributed by atoms with van der Waals surface area (Å²) in [7, 11) is 0. The van der Waals surface area contributed by atoms with Crippen molar-refractivity contribution in [1.29, 1.82) is 0 Å². The fraction of sp³-hybridized carbons (Fsp3) is 1.00. The molecule has 0 aliphatic heterocycles. The van der Waals surface area contributed by atoms with E-state index in [1.54, 1.807) is 25.7 Å². The van der Waals surface area contributed by atoms with E-state index in [9.17, 15) is 0 Å². The highest BCUT2D eigenvalue weighted by atomic mass is 14.9. The molecule has 8 atom stereocenters. The fourth-order valence-corrected chi connectivity index (χ4v) is 8.68. The Morgan fingerprint density at radius 3 is 0.750 bits per heavy atom. The molecule has 7 fully saturated rings. The van der Waals surface area contributed by atoms with Crippen molar-refractivity contribution in [2.45, 2.75) is 25.7 Å². The topological polar surface area (TPSA) is 0 Å². The van der Waals surface area contributed by atoms with Gasteiger partial charge in [0.15, 0.2) is 0 Å². The molecule has 0 amide bonds. The monoisotopic (exact) mass is 212 g/mol. The highest BCUT2D eigenvalue weighted by molar-refractivity contribution is 5.33. The minimum Gasteiger partial charge on any atom is -0.0496 e. The van der Waals surface area contributed by atoms with Gasteiger partial charge >= 0.3 is 0 Å². The minimum absolute atomic E-state index is 1.27. The van der Waals surface area contributed by atoms with Gasteiger partial charge in [0.05, 0.1) is 0 Å². The molecule has 16 heavy (non-hydrogen) atoms. The highest BCUT2D eigenvalue weighted by Gasteiger charge is 2.86. The maximum absolute atomic E-state index is 1.63. The lowest BCUT2D eigenvalue weighted by Crippen LogP contribution is -2.87. The second-order valence-corrected chi connectivity index (χ2v) is 8.43. The average Bonchev–Trinajstić information content (AvgIpc) is 2.19. The summed E-state index contributed by atoms with van der Waals surface area (Å²) in [5, 5.41) is 0. The Kier molecular flexibility index (Phi) is 0.854. The first-order valence-electron chi connectivity index (χ1n) is 7.97. The van der Waals surface area contributed by atoms with Crippen LogP contribution in [0.2, 0.25) is 0 Å². The zero-order valence-electron chi connectivity index (χ0n) is 9.76. The zero-order valence-corrected chi connectivity index (χ0v) is 9.76. The van der Waals surface area contributed by atoms with E-state index in [1.807, 2.05) is 0 Å². The standard InChI is InChI=1S/C16H20/c1-2-6-5(1)9-10(6)14-13(9)15-11-7-3-4-8(7)12(11)16(14)15/h5-16H,1-4H2/t5-,6+,7+,8-,9+,10-,11-,12+,13?,14?,15?,16?. The summed E-state index contributed by atoms with van der Waals surface area (Å²) in [5.41, 5.74) is 0. The Labute approximate surface area is 97.2 Å². The quantitative estimate of drug-likeness (QED) is 0.541. The molecule has 7 saturated carbocycles. The van der Waals surface area contributed by atoms with Crippen LogP contribution < -0.4 is 0 Å². The number of fused-ring (bicyclic) bond motifs is 16. The molecule has 0 N–H and O–H groups in total. The molecule has 0 spiro atoms. The SMILES string of the molecule is C1C[C@H]2[C@@H]1[C@@H]1C3C(C4C3[C@@H]3[C@H]5CC[C@H]5[C@H]43)[C@H]21. The van der Waals surface area contributed by atoms with E-state index in [-0.39, 0.29) is 0 Å². The normalized spacial score (nSPS) is 87.0. The van der Waals surface area contributed by atoms with Crippen LogP contribution in [0, 0.1) is 71.0 Å². The van der Waals surface area contributed by atoms with Crippen LogP contribution in [-0.4, -0.2) is 0 Å². The van der Waals surface area contributed by atoms with E-state index in [2.05, 4.69) is 0 Å². The van der Waals surface area contributed by atoms with Gasteiger partial charge in [-0.05, 0) is 96.7 Å². The number of hydrogen-bond donors (Lipinski definition) is 0. The van der Waals surface area contributed by atoms with Gasteiger partial charge in [-0.3, -0.25) is 0 Å². The van der Waals surface area contributed by atoms with Gasteiger partial charge in [0.1, 0.15) is 0 Å². The Morgan fingerprint density at radius 1 is 0.312 bits per heavy atom. The molecular weight excluding hydrogens is 192 g/mol. The van der Waals surface area contributed by atoms with Crippen LogP contribution in [0.4, 0.5) is 0 Å². The highest BCUT2D eigenvalue weighted by Crippen LogP contribution is 2.90. The number of hydrogen-bond acceptors (Lipinski definition) is 0. The van der Waals surface area contributed by atoms with Gasteiger partial charge in [0, 0.05) is 0 Å². The van der Waals surface area contributed by atoms with Crippen molar-refractivity contribution in [3.05, 3.63) is 0 Å². The molecule has 0 heterocycles. The van der Waals surface area contributed by atoms with E-state index in [1.165, 1.54) is 71.0 Å². The Balaban J connectivity index is 1.27. The van der Waals surface area contributed by atoms with Crippen molar-refractivity contribution in [3.63, 3.8) is 0 Å². The molecule has 0 bridgehead atoms. The largest absolute Gasteiger partial charge is 0.0496 e. The van der Waals surface area contributed by atoms with Gasteiger partial charge in [-0.2, -0.15) is 0 Å². The Morgan fingerprint density at radius 2 is 0.562 bits per heavy atom. The molecule has 0 nitrogen and oxygen atoms in total. The first-order chi connectivity index (χ1) is 7.97. The third kappa shape index (κ3) is 0.432. The third-order valence-electron chi connectivity index (χ3n) is 9.19. The van der Waals surface area contributed by atoms with Crippen LogP contribution in [0.3, 0.4) is 0 Å². The summed E-state index contributed by atoms with van der Waals surface area (Å²) in [5.74, 6) is 15.5. The predicted molar refractivity (Wildman–Crippen MR) is 60.3 cm³/mol. The van der Waals surface area contributed by atoms with Gasteiger partial charge in [-0.1, -0.05) is 0 Å². The maximum Gasteiger partial charge on any atom is -0.0312 e. The Bertz CT molecular complexity index is 338. The molecule has 0 aromatic carbocycles. The Hall–Kier alpha value is 0. The van der Waals surface area contributed by atoms with Gasteiger partial charge in [-0.25, -0.2) is 0 Å². The molecule has 0 aromatic rings. The smallest absolute Gasteiger partial charge is 0.0312 e. The van der Waals surface area contributed by atoms with Crippen LogP contribution in [-0.2, 0) is 0 Å². The summed E-state index contributed by atoms with van der Waals surface area (Å²) >= 11 is 0. The van der Waals surface area contributed by atoms with E-state index in [0.29, 0.717) is 0 Å². The molecule has 7 rings (SSSR count). The van der Waals surface area contributed by atoms with Crippen molar-refractivity contribution >= 4 is 0 Å². The summed E-state index contributed by atoms with van der Waals surface area (Å²) in [6.07, 6.45) is 6.53. The lowest BCUT2D eigenvalue weighted by atomic mass is 9.13. The molecule has 0 unspecified atom stereocenters. The maximum atomic E-state index is 1.63. The van der Waals surface area contributed by atoms with E-state index in [4.69, 9.17) is 0 Å². The van der Waals surface area contributed by atoms with E-state index >= 15 is 0 Å². The summed E-state index contributed by atoms with van der Waals surface area (Å²) in [6, 6.07) is 0. The summed E-state index contributed by atoms with van der Waals surface area (Å²) in [4.78, 5) is 0. The molecule has 7 aliphatic carbocycles. The van der Waals surface area contributed by atoms with E-state index < -0.39 is 0 Å². The van der Waals surface area contributed by atoms with Crippen molar-refractivity contribution in [2.75, 3.05) is 0 Å². The van der Waals surface area contributed by atoms with Gasteiger partial charge in [0.25, 0.3) is 0 Å². The molecule has 0 radical (unpaired) electrons. The summed E-state index contributed by atoms with van der Waals surface area (Å²) in [6.45, 7) is 0. The molecule has 0 heteroatoms. The fourth-order valence-electron chi connectivity index (χ4n) is 8.68. The molecule has 7 aliphatic rings. The first-order valence-corrected chi connectivity index (χ1v) is 7.97. The van der Waals surface area contributed by atoms with Gasteiger partial charge < -0.3 is 0 Å². The molecular formula is C16H20. The molecule has 84 valence electrons. The summed E-state index contributed by atoms with van der Waals surface area (Å²) < 4.78 is 0. The van der Waals surface area contributed by atoms with Crippen LogP contribution in [0.1, 0.15) is 25.7 Å². The van der Waals surface area contributed by atoms with Crippen LogP contribution >= 0.6 is 0 Å². The molecule has 0 aromatic heterocycles. The van der Waals surface area contributed by atoms with Crippen LogP contribution in [0.5, 0.6) is 0 Å². The van der Waals surface area contributed by atoms with Crippen molar-refractivity contribution in [1.82, 2.24) is 0 Å². The predicted octanol–water partition coefficient (Wildman–Crippen LogP) is 3.04. The first kappa shape index (κ1) is 7.44.